The standard InChI is InChI=1S/C22H35N3O3S/c1-24-12-9-18(10-13-24)25(16-19-5-4-14-28-19)22(29)23-11-8-17-6-7-20(26-2)21(15-17)27-3/h6-7,15,18-19H,4-5,8-14,16H2,1-3H3,(H,23,29). The van der Waals surface area contributed by atoms with Gasteiger partial charge in [-0.15, -0.1) is 0 Å². The number of thiocarbonyl (C=S) groups is 1. The lowest BCUT2D eigenvalue weighted by molar-refractivity contribution is 0.0712. The number of ether oxygens (including phenoxy) is 3. The van der Waals surface area contributed by atoms with Crippen molar-refractivity contribution < 1.29 is 14.2 Å². The number of benzene rings is 1. The number of likely N-dealkylation sites (tertiary alicyclic amines) is 1. The van der Waals surface area contributed by atoms with Gasteiger partial charge in [-0.25, -0.2) is 0 Å². The molecule has 1 N–H and O–H groups in total. The van der Waals surface area contributed by atoms with Crippen LogP contribution in [-0.2, 0) is 11.2 Å². The number of methoxy groups -OCH3 is 2. The lowest BCUT2D eigenvalue weighted by Gasteiger charge is -2.40. The van der Waals surface area contributed by atoms with E-state index < -0.39 is 0 Å². The predicted molar refractivity (Wildman–Crippen MR) is 120 cm³/mol. The SMILES string of the molecule is COc1ccc(CCNC(=S)N(CC2CCCO2)C2CCN(C)CC2)cc1OC. The van der Waals surface area contributed by atoms with Gasteiger partial charge >= 0.3 is 0 Å². The van der Waals surface area contributed by atoms with Gasteiger partial charge in [0, 0.05) is 25.7 Å². The second kappa shape index (κ2) is 11.0. The third-order valence-electron chi connectivity index (χ3n) is 5.95. The van der Waals surface area contributed by atoms with Gasteiger partial charge in [0.25, 0.3) is 0 Å². The molecule has 1 aromatic carbocycles. The molecule has 0 aromatic heterocycles. The van der Waals surface area contributed by atoms with Crippen molar-refractivity contribution in [2.45, 2.75) is 44.2 Å². The minimum atomic E-state index is 0.306. The van der Waals surface area contributed by atoms with E-state index in [0.29, 0.717) is 12.1 Å². The zero-order chi connectivity index (χ0) is 20.6. The summed E-state index contributed by atoms with van der Waals surface area (Å²) in [4.78, 5) is 4.79. The summed E-state index contributed by atoms with van der Waals surface area (Å²) in [6.45, 7) is 4.83. The van der Waals surface area contributed by atoms with E-state index in [1.165, 1.54) is 5.56 Å². The summed E-state index contributed by atoms with van der Waals surface area (Å²) in [7, 11) is 5.52. The number of piperidine rings is 1. The van der Waals surface area contributed by atoms with Crippen LogP contribution in [0.2, 0.25) is 0 Å². The van der Waals surface area contributed by atoms with Crippen molar-refractivity contribution in [1.82, 2.24) is 15.1 Å². The van der Waals surface area contributed by atoms with E-state index in [0.717, 1.165) is 81.5 Å². The summed E-state index contributed by atoms with van der Waals surface area (Å²) in [6, 6.07) is 6.56. The molecular weight excluding hydrogens is 386 g/mol. The van der Waals surface area contributed by atoms with E-state index in [1.54, 1.807) is 14.2 Å². The number of nitrogens with zero attached hydrogens (tertiary/aromatic N) is 2. The maximum Gasteiger partial charge on any atom is 0.169 e. The molecule has 29 heavy (non-hydrogen) atoms. The fraction of sp³-hybridized carbons (Fsp3) is 0.682. The fourth-order valence-electron chi connectivity index (χ4n) is 4.16. The zero-order valence-electron chi connectivity index (χ0n) is 18.0. The van der Waals surface area contributed by atoms with E-state index in [1.807, 2.05) is 12.1 Å². The molecule has 1 unspecified atom stereocenters. The number of hydrogen-bond acceptors (Lipinski definition) is 5. The molecule has 1 atom stereocenters. The van der Waals surface area contributed by atoms with Crippen LogP contribution >= 0.6 is 12.2 Å². The van der Waals surface area contributed by atoms with Crippen LogP contribution in [0.1, 0.15) is 31.2 Å². The zero-order valence-corrected chi connectivity index (χ0v) is 18.8. The van der Waals surface area contributed by atoms with E-state index in [9.17, 15) is 0 Å². The van der Waals surface area contributed by atoms with Crippen LogP contribution in [0.5, 0.6) is 11.5 Å². The Morgan fingerprint density at radius 2 is 1.97 bits per heavy atom. The van der Waals surface area contributed by atoms with Crippen molar-refractivity contribution in [2.24, 2.45) is 0 Å². The summed E-state index contributed by atoms with van der Waals surface area (Å²) in [6.07, 6.45) is 5.78. The second-order valence-electron chi connectivity index (χ2n) is 7.99. The second-order valence-corrected chi connectivity index (χ2v) is 8.38. The topological polar surface area (TPSA) is 46.2 Å². The molecule has 162 valence electrons. The Morgan fingerprint density at radius 3 is 2.62 bits per heavy atom. The Hall–Kier alpha value is -1.57. The molecule has 1 aromatic rings. The minimum Gasteiger partial charge on any atom is -0.493 e. The highest BCUT2D eigenvalue weighted by Gasteiger charge is 2.28. The van der Waals surface area contributed by atoms with Gasteiger partial charge in [-0.2, -0.15) is 0 Å². The number of hydrogen-bond donors (Lipinski definition) is 1. The number of nitrogens with one attached hydrogen (secondary N) is 1. The normalized spacial score (nSPS) is 20.4. The first-order valence-electron chi connectivity index (χ1n) is 10.7. The predicted octanol–water partition coefficient (Wildman–Crippen LogP) is 2.70. The molecule has 0 saturated carbocycles. The molecule has 6 nitrogen and oxygen atoms in total. The van der Waals surface area contributed by atoms with E-state index in [4.69, 9.17) is 26.4 Å². The van der Waals surface area contributed by atoms with Crippen LogP contribution in [0.3, 0.4) is 0 Å². The molecule has 2 heterocycles. The van der Waals surface area contributed by atoms with Crippen LogP contribution in [0.4, 0.5) is 0 Å². The van der Waals surface area contributed by atoms with Crippen LogP contribution in [0, 0.1) is 0 Å². The average molecular weight is 422 g/mol. The van der Waals surface area contributed by atoms with Crippen LogP contribution < -0.4 is 14.8 Å². The van der Waals surface area contributed by atoms with Crippen molar-refractivity contribution in [2.75, 3.05) is 54.1 Å². The fourth-order valence-corrected chi connectivity index (χ4v) is 4.49. The van der Waals surface area contributed by atoms with Gasteiger partial charge in [-0.3, -0.25) is 0 Å². The largest absolute Gasteiger partial charge is 0.493 e. The molecule has 2 aliphatic heterocycles. The van der Waals surface area contributed by atoms with Crippen LogP contribution in [0.15, 0.2) is 18.2 Å². The summed E-state index contributed by atoms with van der Waals surface area (Å²) < 4.78 is 16.6. The third kappa shape index (κ3) is 6.20. The summed E-state index contributed by atoms with van der Waals surface area (Å²) in [5.41, 5.74) is 1.20. The summed E-state index contributed by atoms with van der Waals surface area (Å²) >= 11 is 5.82. The first kappa shape index (κ1) is 22.1. The lowest BCUT2D eigenvalue weighted by Crippen LogP contribution is -2.52. The Balaban J connectivity index is 1.56. The molecule has 0 radical (unpaired) electrons. The van der Waals surface area contributed by atoms with Crippen molar-refractivity contribution in [3.8, 4) is 11.5 Å². The Morgan fingerprint density at radius 1 is 1.21 bits per heavy atom. The van der Waals surface area contributed by atoms with Crippen molar-refractivity contribution in [1.29, 1.82) is 0 Å². The molecule has 7 heteroatoms. The number of rotatable bonds is 8. The van der Waals surface area contributed by atoms with Crippen molar-refractivity contribution in [3.05, 3.63) is 23.8 Å². The molecule has 0 aliphatic carbocycles. The first-order valence-corrected chi connectivity index (χ1v) is 11.1. The van der Waals surface area contributed by atoms with Gasteiger partial charge in [-0.1, -0.05) is 6.07 Å². The van der Waals surface area contributed by atoms with Crippen LogP contribution in [-0.4, -0.2) is 81.1 Å². The van der Waals surface area contributed by atoms with Gasteiger partial charge in [-0.05, 0) is 82.2 Å². The summed E-state index contributed by atoms with van der Waals surface area (Å²) in [5, 5.41) is 4.35. The van der Waals surface area contributed by atoms with Crippen molar-refractivity contribution >= 4 is 17.3 Å². The molecule has 0 spiro atoms. The highest BCUT2D eigenvalue weighted by Crippen LogP contribution is 2.27. The van der Waals surface area contributed by atoms with Gasteiger partial charge < -0.3 is 29.3 Å². The smallest absolute Gasteiger partial charge is 0.169 e. The molecule has 2 fully saturated rings. The van der Waals surface area contributed by atoms with Crippen LogP contribution in [0.25, 0.3) is 0 Å². The summed E-state index contributed by atoms with van der Waals surface area (Å²) in [5.74, 6) is 1.52. The average Bonchev–Trinajstić information content (AvgIpc) is 3.26. The first-order chi connectivity index (χ1) is 14.1. The third-order valence-corrected chi connectivity index (χ3v) is 6.33. The highest BCUT2D eigenvalue weighted by molar-refractivity contribution is 7.80. The molecule has 2 saturated heterocycles. The molecule has 0 amide bonds. The molecule has 3 rings (SSSR count). The highest BCUT2D eigenvalue weighted by atomic mass is 32.1. The Kier molecular flexibility index (Phi) is 8.39. The Labute approximate surface area is 180 Å². The van der Waals surface area contributed by atoms with Gasteiger partial charge in [0.15, 0.2) is 16.6 Å². The minimum absolute atomic E-state index is 0.306. The lowest BCUT2D eigenvalue weighted by atomic mass is 10.0. The van der Waals surface area contributed by atoms with E-state index in [-0.39, 0.29) is 0 Å². The Bertz CT molecular complexity index is 659. The quantitative estimate of drug-likeness (QED) is 0.648. The molecule has 0 bridgehead atoms. The van der Waals surface area contributed by atoms with Crippen molar-refractivity contribution in [3.63, 3.8) is 0 Å². The van der Waals surface area contributed by atoms with Gasteiger partial charge in [0.2, 0.25) is 0 Å². The monoisotopic (exact) mass is 421 g/mol. The van der Waals surface area contributed by atoms with E-state index in [2.05, 4.69) is 28.2 Å². The molecule has 2 aliphatic rings. The molecular formula is C22H35N3O3S. The van der Waals surface area contributed by atoms with E-state index >= 15 is 0 Å². The van der Waals surface area contributed by atoms with Gasteiger partial charge in [0.05, 0.1) is 20.3 Å². The maximum atomic E-state index is 5.90. The van der Waals surface area contributed by atoms with Gasteiger partial charge in [0.1, 0.15) is 0 Å². The maximum absolute atomic E-state index is 5.90.